The molecular formula is C14H17FN2O. The number of halogens is 1. The predicted molar refractivity (Wildman–Crippen MR) is 68.9 cm³/mol. The minimum absolute atomic E-state index is 0.288. The van der Waals surface area contributed by atoms with Gasteiger partial charge in [-0.3, -0.25) is 4.79 Å². The van der Waals surface area contributed by atoms with Crippen molar-refractivity contribution in [1.82, 2.24) is 5.43 Å². The number of rotatable bonds is 3. The first-order chi connectivity index (χ1) is 8.75. The molecule has 4 heteroatoms. The van der Waals surface area contributed by atoms with Gasteiger partial charge in [-0.25, -0.2) is 9.82 Å². The molecule has 1 aliphatic rings. The number of carbonyl (C=O) groups excluding carboxylic acids is 1. The summed E-state index contributed by atoms with van der Waals surface area (Å²) in [6.45, 7) is 0. The van der Waals surface area contributed by atoms with Crippen molar-refractivity contribution in [2.24, 2.45) is 11.0 Å². The van der Waals surface area contributed by atoms with Crippen LogP contribution >= 0.6 is 0 Å². The summed E-state index contributed by atoms with van der Waals surface area (Å²) in [5, 5.41) is 3.95. The summed E-state index contributed by atoms with van der Waals surface area (Å²) >= 11 is 0. The van der Waals surface area contributed by atoms with Gasteiger partial charge in [-0.1, -0.05) is 25.3 Å². The first kappa shape index (κ1) is 12.7. The largest absolute Gasteiger partial charge is 0.271 e. The summed E-state index contributed by atoms with van der Waals surface area (Å²) in [5.74, 6) is -0.327. The molecule has 1 fully saturated rings. The number of hydrogen-bond acceptors (Lipinski definition) is 2. The van der Waals surface area contributed by atoms with E-state index in [-0.39, 0.29) is 11.5 Å². The molecule has 1 aromatic carbocycles. The fraction of sp³-hybridized carbons (Fsp3) is 0.429. The Morgan fingerprint density at radius 3 is 2.83 bits per heavy atom. The molecule has 0 atom stereocenters. The van der Waals surface area contributed by atoms with Crippen molar-refractivity contribution in [1.29, 1.82) is 0 Å². The van der Waals surface area contributed by atoms with Crippen LogP contribution in [-0.2, 0) is 0 Å². The molecule has 0 aromatic heterocycles. The van der Waals surface area contributed by atoms with Gasteiger partial charge in [0, 0.05) is 11.8 Å². The summed E-state index contributed by atoms with van der Waals surface area (Å²) in [5.41, 5.74) is 2.73. The lowest BCUT2D eigenvalue weighted by Gasteiger charge is -2.16. The standard InChI is InChI=1S/C14H17FN2O/c15-13-8-4-7-12(9-13)14(18)17-16-10-11-5-2-1-3-6-11/h4,7-11H,1-3,5-6H2,(H,17,18)/b16-10+. The number of nitrogens with zero attached hydrogens (tertiary/aromatic N) is 1. The lowest BCUT2D eigenvalue weighted by molar-refractivity contribution is 0.0954. The van der Waals surface area contributed by atoms with Crippen LogP contribution in [0.3, 0.4) is 0 Å². The number of amides is 1. The molecule has 0 saturated heterocycles. The van der Waals surface area contributed by atoms with E-state index < -0.39 is 5.82 Å². The summed E-state index contributed by atoms with van der Waals surface area (Å²) in [6.07, 6.45) is 7.83. The van der Waals surface area contributed by atoms with Gasteiger partial charge < -0.3 is 0 Å². The Kier molecular flexibility index (Phi) is 4.45. The molecule has 0 aliphatic heterocycles. The number of hydrazone groups is 1. The number of benzene rings is 1. The molecule has 0 unspecified atom stereocenters. The fourth-order valence-corrected chi connectivity index (χ4v) is 2.18. The van der Waals surface area contributed by atoms with Crippen molar-refractivity contribution >= 4 is 12.1 Å². The third-order valence-electron chi connectivity index (χ3n) is 3.19. The van der Waals surface area contributed by atoms with Crippen molar-refractivity contribution in [3.05, 3.63) is 35.6 Å². The maximum Gasteiger partial charge on any atom is 0.271 e. The van der Waals surface area contributed by atoms with Crippen molar-refractivity contribution in [2.75, 3.05) is 0 Å². The Bertz CT molecular complexity index is 439. The Morgan fingerprint density at radius 1 is 1.33 bits per heavy atom. The van der Waals surface area contributed by atoms with Crippen molar-refractivity contribution in [2.45, 2.75) is 32.1 Å². The van der Waals surface area contributed by atoms with Crippen molar-refractivity contribution < 1.29 is 9.18 Å². The monoisotopic (exact) mass is 248 g/mol. The van der Waals surface area contributed by atoms with Crippen molar-refractivity contribution in [3.8, 4) is 0 Å². The minimum atomic E-state index is -0.418. The maximum absolute atomic E-state index is 12.9. The van der Waals surface area contributed by atoms with E-state index in [2.05, 4.69) is 10.5 Å². The average Bonchev–Trinajstić information content (AvgIpc) is 2.40. The third-order valence-corrected chi connectivity index (χ3v) is 3.19. The van der Waals surface area contributed by atoms with Gasteiger partial charge in [-0.2, -0.15) is 5.10 Å². The molecule has 2 rings (SSSR count). The average molecular weight is 248 g/mol. The van der Waals surface area contributed by atoms with Gasteiger partial charge in [-0.05, 0) is 37.0 Å². The predicted octanol–water partition coefficient (Wildman–Crippen LogP) is 3.12. The number of nitrogens with one attached hydrogen (secondary N) is 1. The fourth-order valence-electron chi connectivity index (χ4n) is 2.18. The molecule has 3 nitrogen and oxygen atoms in total. The zero-order valence-electron chi connectivity index (χ0n) is 10.2. The molecule has 1 N–H and O–H groups in total. The van der Waals surface area contributed by atoms with Gasteiger partial charge >= 0.3 is 0 Å². The molecule has 1 saturated carbocycles. The van der Waals surface area contributed by atoms with Crippen LogP contribution in [0, 0.1) is 11.7 Å². The Balaban J connectivity index is 1.86. The van der Waals surface area contributed by atoms with Crippen LogP contribution in [0.15, 0.2) is 29.4 Å². The molecule has 0 radical (unpaired) electrons. The van der Waals surface area contributed by atoms with Gasteiger partial charge in [0.05, 0.1) is 0 Å². The van der Waals surface area contributed by atoms with Gasteiger partial charge in [0.15, 0.2) is 0 Å². The second kappa shape index (κ2) is 6.28. The summed E-state index contributed by atoms with van der Waals surface area (Å²) in [7, 11) is 0. The summed E-state index contributed by atoms with van der Waals surface area (Å²) in [6, 6.07) is 5.58. The molecule has 1 amide bonds. The van der Waals surface area contributed by atoms with Crippen LogP contribution in [0.1, 0.15) is 42.5 Å². The Hall–Kier alpha value is -1.71. The van der Waals surface area contributed by atoms with Gasteiger partial charge in [-0.15, -0.1) is 0 Å². The number of hydrogen-bond donors (Lipinski definition) is 1. The van der Waals surface area contributed by atoms with Gasteiger partial charge in [0.25, 0.3) is 5.91 Å². The topological polar surface area (TPSA) is 41.5 Å². The lowest BCUT2D eigenvalue weighted by Crippen LogP contribution is -2.19. The van der Waals surface area contributed by atoms with Crippen LogP contribution in [0.5, 0.6) is 0 Å². The van der Waals surface area contributed by atoms with Crippen LogP contribution in [-0.4, -0.2) is 12.1 Å². The lowest BCUT2D eigenvalue weighted by atomic mass is 9.90. The zero-order chi connectivity index (χ0) is 12.8. The van der Waals surface area contributed by atoms with E-state index in [4.69, 9.17) is 0 Å². The highest BCUT2D eigenvalue weighted by Gasteiger charge is 2.11. The third kappa shape index (κ3) is 3.65. The smallest absolute Gasteiger partial charge is 0.267 e. The van der Waals surface area contributed by atoms with E-state index in [9.17, 15) is 9.18 Å². The molecule has 18 heavy (non-hydrogen) atoms. The summed E-state index contributed by atoms with van der Waals surface area (Å²) in [4.78, 5) is 11.6. The molecule has 0 spiro atoms. The number of carbonyl (C=O) groups is 1. The van der Waals surface area contributed by atoms with Gasteiger partial charge in [0.1, 0.15) is 5.82 Å². The van der Waals surface area contributed by atoms with Crippen LogP contribution in [0.2, 0.25) is 0 Å². The highest BCUT2D eigenvalue weighted by atomic mass is 19.1. The maximum atomic E-state index is 12.9. The first-order valence-corrected chi connectivity index (χ1v) is 6.35. The SMILES string of the molecule is O=C(N/N=C/C1CCCCC1)c1cccc(F)c1. The molecule has 1 aliphatic carbocycles. The highest BCUT2D eigenvalue weighted by molar-refractivity contribution is 5.94. The van der Waals surface area contributed by atoms with Crippen LogP contribution < -0.4 is 5.43 Å². The molecule has 1 aromatic rings. The second-order valence-corrected chi connectivity index (χ2v) is 4.63. The van der Waals surface area contributed by atoms with Crippen LogP contribution in [0.25, 0.3) is 0 Å². The Morgan fingerprint density at radius 2 is 2.11 bits per heavy atom. The molecule has 0 bridgehead atoms. The van der Waals surface area contributed by atoms with E-state index in [0.717, 1.165) is 12.8 Å². The van der Waals surface area contributed by atoms with Crippen molar-refractivity contribution in [3.63, 3.8) is 0 Å². The first-order valence-electron chi connectivity index (χ1n) is 6.35. The van der Waals surface area contributed by atoms with E-state index in [1.165, 1.54) is 37.5 Å². The van der Waals surface area contributed by atoms with E-state index in [0.29, 0.717) is 5.92 Å². The molecule has 96 valence electrons. The van der Waals surface area contributed by atoms with E-state index in [1.54, 1.807) is 12.3 Å². The zero-order valence-corrected chi connectivity index (χ0v) is 10.2. The van der Waals surface area contributed by atoms with Crippen LogP contribution in [0.4, 0.5) is 4.39 Å². The molecule has 0 heterocycles. The summed E-state index contributed by atoms with van der Waals surface area (Å²) < 4.78 is 12.9. The second-order valence-electron chi connectivity index (χ2n) is 4.63. The molecular weight excluding hydrogens is 231 g/mol. The van der Waals surface area contributed by atoms with Gasteiger partial charge in [0.2, 0.25) is 0 Å². The van der Waals surface area contributed by atoms with E-state index in [1.807, 2.05) is 0 Å². The highest BCUT2D eigenvalue weighted by Crippen LogP contribution is 2.21. The minimum Gasteiger partial charge on any atom is -0.267 e. The normalized spacial score (nSPS) is 16.9. The van der Waals surface area contributed by atoms with E-state index >= 15 is 0 Å². The quantitative estimate of drug-likeness (QED) is 0.648. The Labute approximate surface area is 106 Å².